The van der Waals surface area contributed by atoms with Gasteiger partial charge in [-0.05, 0) is 15.9 Å². The van der Waals surface area contributed by atoms with Crippen LogP contribution in [0.2, 0.25) is 0 Å². The Kier molecular flexibility index (Phi) is 5.12. The number of rotatable bonds is 4. The lowest BCUT2D eigenvalue weighted by atomic mass is 10.2. The fraction of sp³-hybridized carbons (Fsp3) is 0.400. The Bertz CT molecular complexity index is 757. The summed E-state index contributed by atoms with van der Waals surface area (Å²) in [5.41, 5.74) is -0.540. The predicted octanol–water partition coefficient (Wildman–Crippen LogP) is 0.712. The third-order valence-electron chi connectivity index (χ3n) is 3.83. The summed E-state index contributed by atoms with van der Waals surface area (Å²) in [5.74, 6) is 0.606. The Morgan fingerprint density at radius 3 is 2.50 bits per heavy atom. The van der Waals surface area contributed by atoms with Gasteiger partial charge in [0.2, 0.25) is 17.1 Å². The van der Waals surface area contributed by atoms with Gasteiger partial charge in [0, 0.05) is 44.6 Å². The topological polar surface area (TPSA) is 103 Å². The number of aliphatic hydroxyl groups excluding tert-OH is 1. The maximum absolute atomic E-state index is 11.7. The third kappa shape index (κ3) is 3.74. The molecule has 128 valence electrons. The van der Waals surface area contributed by atoms with Crippen molar-refractivity contribution in [3.05, 3.63) is 44.7 Å². The van der Waals surface area contributed by atoms with Crippen molar-refractivity contribution < 1.29 is 14.6 Å². The van der Waals surface area contributed by atoms with Crippen LogP contribution >= 0.6 is 15.9 Å². The fourth-order valence-electron chi connectivity index (χ4n) is 2.55. The second kappa shape index (κ2) is 7.29. The number of aromatic nitrogens is 2. The lowest BCUT2D eigenvalue weighted by Crippen LogP contribution is -2.46. The Labute approximate surface area is 146 Å². The average molecular weight is 397 g/mol. The van der Waals surface area contributed by atoms with Crippen molar-refractivity contribution in [2.45, 2.75) is 13.2 Å². The van der Waals surface area contributed by atoms with Crippen molar-refractivity contribution in [1.82, 2.24) is 14.9 Å². The van der Waals surface area contributed by atoms with Gasteiger partial charge in [0.15, 0.2) is 5.76 Å². The molecule has 0 unspecified atom stereocenters. The molecule has 8 nitrogen and oxygen atoms in total. The van der Waals surface area contributed by atoms with E-state index in [2.05, 4.69) is 35.7 Å². The molecule has 1 saturated heterocycles. The Balaban J connectivity index is 1.64. The molecule has 3 heterocycles. The summed E-state index contributed by atoms with van der Waals surface area (Å²) in [5, 5.41) is 19.0. The minimum absolute atomic E-state index is 0.148. The largest absolute Gasteiger partial charge is 0.502 e. The van der Waals surface area contributed by atoms with E-state index in [9.17, 15) is 9.90 Å². The van der Waals surface area contributed by atoms with Crippen molar-refractivity contribution >= 4 is 21.9 Å². The maximum atomic E-state index is 11.7. The third-order valence-corrected chi connectivity index (χ3v) is 4.24. The maximum Gasteiger partial charge on any atom is 0.227 e. The predicted molar refractivity (Wildman–Crippen MR) is 89.8 cm³/mol. The van der Waals surface area contributed by atoms with Crippen molar-refractivity contribution in [2.24, 2.45) is 0 Å². The molecule has 2 aromatic rings. The highest BCUT2D eigenvalue weighted by Gasteiger charge is 2.21. The van der Waals surface area contributed by atoms with Crippen LogP contribution in [0.1, 0.15) is 11.5 Å². The molecule has 0 atom stereocenters. The van der Waals surface area contributed by atoms with Crippen LogP contribution in [-0.2, 0) is 13.2 Å². The Morgan fingerprint density at radius 1 is 1.21 bits per heavy atom. The summed E-state index contributed by atoms with van der Waals surface area (Å²) >= 11 is 3.31. The first kappa shape index (κ1) is 16.9. The molecule has 0 amide bonds. The highest BCUT2D eigenvalue weighted by Crippen LogP contribution is 2.19. The zero-order chi connectivity index (χ0) is 17.1. The van der Waals surface area contributed by atoms with E-state index in [0.717, 1.165) is 23.6 Å². The molecule has 0 aliphatic carbocycles. The van der Waals surface area contributed by atoms with E-state index in [4.69, 9.17) is 9.52 Å². The summed E-state index contributed by atoms with van der Waals surface area (Å²) in [4.78, 5) is 24.4. The second-order valence-electron chi connectivity index (χ2n) is 5.47. The van der Waals surface area contributed by atoms with Crippen molar-refractivity contribution in [3.8, 4) is 5.75 Å². The first-order valence-electron chi connectivity index (χ1n) is 7.47. The van der Waals surface area contributed by atoms with E-state index in [1.54, 1.807) is 12.4 Å². The fourth-order valence-corrected chi connectivity index (χ4v) is 2.76. The van der Waals surface area contributed by atoms with Gasteiger partial charge >= 0.3 is 0 Å². The number of anilines is 1. The van der Waals surface area contributed by atoms with Gasteiger partial charge in [-0.1, -0.05) is 0 Å². The second-order valence-corrected chi connectivity index (χ2v) is 6.39. The average Bonchev–Trinajstić information content (AvgIpc) is 2.60. The van der Waals surface area contributed by atoms with E-state index in [-0.39, 0.29) is 18.1 Å². The van der Waals surface area contributed by atoms with Crippen LogP contribution in [0, 0.1) is 0 Å². The molecule has 0 aromatic carbocycles. The summed E-state index contributed by atoms with van der Waals surface area (Å²) in [6.07, 6.45) is 3.42. The molecule has 3 rings (SSSR count). The van der Waals surface area contributed by atoms with Gasteiger partial charge in [-0.3, -0.25) is 9.69 Å². The summed E-state index contributed by atoms with van der Waals surface area (Å²) in [6, 6.07) is 1.10. The van der Waals surface area contributed by atoms with E-state index in [0.29, 0.717) is 25.6 Å². The lowest BCUT2D eigenvalue weighted by Gasteiger charge is -2.34. The molecular weight excluding hydrogens is 380 g/mol. The van der Waals surface area contributed by atoms with E-state index in [1.807, 2.05) is 0 Å². The quantitative estimate of drug-likeness (QED) is 0.778. The highest BCUT2D eigenvalue weighted by molar-refractivity contribution is 9.10. The molecule has 1 aliphatic rings. The summed E-state index contributed by atoms with van der Waals surface area (Å²) < 4.78 is 6.21. The number of hydrogen-bond acceptors (Lipinski definition) is 8. The molecule has 9 heteroatoms. The Morgan fingerprint density at radius 2 is 1.88 bits per heavy atom. The van der Waals surface area contributed by atoms with Crippen LogP contribution in [-0.4, -0.2) is 51.3 Å². The minimum atomic E-state index is -0.540. The van der Waals surface area contributed by atoms with E-state index >= 15 is 0 Å². The number of aliphatic hydroxyl groups is 1. The Hall–Kier alpha value is -1.97. The van der Waals surface area contributed by atoms with Gasteiger partial charge in [0.1, 0.15) is 12.4 Å². The first-order valence-corrected chi connectivity index (χ1v) is 8.26. The van der Waals surface area contributed by atoms with Crippen LogP contribution in [0.3, 0.4) is 0 Å². The summed E-state index contributed by atoms with van der Waals surface area (Å²) in [7, 11) is 0. The van der Waals surface area contributed by atoms with Gasteiger partial charge in [0.25, 0.3) is 0 Å². The molecule has 1 fully saturated rings. The van der Waals surface area contributed by atoms with Crippen molar-refractivity contribution in [3.63, 3.8) is 0 Å². The van der Waals surface area contributed by atoms with E-state index in [1.165, 1.54) is 0 Å². The molecule has 1 aliphatic heterocycles. The molecule has 0 saturated carbocycles. The van der Waals surface area contributed by atoms with Crippen LogP contribution < -0.4 is 10.3 Å². The molecule has 24 heavy (non-hydrogen) atoms. The zero-order valence-electron chi connectivity index (χ0n) is 12.9. The lowest BCUT2D eigenvalue weighted by molar-refractivity contribution is 0.199. The van der Waals surface area contributed by atoms with Crippen molar-refractivity contribution in [1.29, 1.82) is 0 Å². The molecule has 0 spiro atoms. The van der Waals surface area contributed by atoms with Gasteiger partial charge < -0.3 is 19.5 Å². The molecule has 0 radical (unpaired) electrons. The number of aromatic hydroxyl groups is 1. The number of nitrogens with zero attached hydrogens (tertiary/aromatic N) is 4. The van der Waals surface area contributed by atoms with Gasteiger partial charge in [-0.15, -0.1) is 0 Å². The molecular formula is C15H17BrN4O4. The van der Waals surface area contributed by atoms with Crippen LogP contribution in [0.15, 0.2) is 32.1 Å². The van der Waals surface area contributed by atoms with Crippen LogP contribution in [0.4, 0.5) is 5.95 Å². The van der Waals surface area contributed by atoms with Gasteiger partial charge in [-0.2, -0.15) is 0 Å². The first-order chi connectivity index (χ1) is 11.6. The molecule has 2 N–H and O–H groups in total. The number of piperazine rings is 1. The van der Waals surface area contributed by atoms with Gasteiger partial charge in [0.05, 0.1) is 11.0 Å². The monoisotopic (exact) mass is 396 g/mol. The number of halogens is 1. The van der Waals surface area contributed by atoms with Crippen LogP contribution in [0.5, 0.6) is 5.75 Å². The number of hydrogen-bond donors (Lipinski definition) is 2. The normalized spacial score (nSPS) is 15.7. The summed E-state index contributed by atoms with van der Waals surface area (Å²) in [6.45, 7) is 2.82. The standard InChI is InChI=1S/C15H17BrN4O4/c16-10-6-17-15(18-7-10)20-3-1-19(2-4-20)8-13-14(23)12(22)5-11(9-21)24-13/h5-7,21,23H,1-4,8-9H2. The smallest absolute Gasteiger partial charge is 0.227 e. The minimum Gasteiger partial charge on any atom is -0.502 e. The molecule has 2 aromatic heterocycles. The van der Waals surface area contributed by atoms with Gasteiger partial charge in [-0.25, -0.2) is 9.97 Å². The zero-order valence-corrected chi connectivity index (χ0v) is 14.4. The SMILES string of the molecule is O=c1cc(CO)oc(CN2CCN(c3ncc(Br)cn3)CC2)c1O. The van der Waals surface area contributed by atoms with E-state index < -0.39 is 11.2 Å². The van der Waals surface area contributed by atoms with Crippen molar-refractivity contribution in [2.75, 3.05) is 31.1 Å². The molecule has 0 bridgehead atoms. The highest BCUT2D eigenvalue weighted by atomic mass is 79.9. The van der Waals surface area contributed by atoms with Crippen LogP contribution in [0.25, 0.3) is 0 Å².